The summed E-state index contributed by atoms with van der Waals surface area (Å²) in [6.45, 7) is 5.65. The Morgan fingerprint density at radius 1 is 0.917 bits per heavy atom. The maximum atomic E-state index is 14.5. The topological polar surface area (TPSA) is 96.0 Å². The van der Waals surface area contributed by atoms with E-state index in [1.54, 1.807) is 12.1 Å². The molecule has 0 bridgehead atoms. The van der Waals surface area contributed by atoms with Crippen molar-refractivity contribution in [3.63, 3.8) is 0 Å². The summed E-state index contributed by atoms with van der Waals surface area (Å²) in [5.74, 6) is -1.06. The fourth-order valence-electron chi connectivity index (χ4n) is 4.95. The summed E-state index contributed by atoms with van der Waals surface area (Å²) in [4.78, 5) is 29.7. The zero-order valence-electron chi connectivity index (χ0n) is 26.9. The zero-order chi connectivity index (χ0) is 34.8. The zero-order valence-corrected chi connectivity index (χ0v) is 29.2. The van der Waals surface area contributed by atoms with Crippen LogP contribution in [0, 0.1) is 11.7 Å². The van der Waals surface area contributed by atoms with Gasteiger partial charge in [0.15, 0.2) is 0 Å². The Kier molecular flexibility index (Phi) is 12.9. The second-order valence-electron chi connectivity index (χ2n) is 11.5. The molecule has 12 heteroatoms. The number of benzene rings is 4. The van der Waals surface area contributed by atoms with Crippen molar-refractivity contribution in [3.8, 4) is 5.75 Å². The number of carbonyl (C=O) groups is 2. The van der Waals surface area contributed by atoms with E-state index in [2.05, 4.69) is 5.32 Å². The molecule has 4 rings (SSSR count). The van der Waals surface area contributed by atoms with Gasteiger partial charge in [-0.25, -0.2) is 12.8 Å². The van der Waals surface area contributed by atoms with Crippen molar-refractivity contribution in [2.75, 3.05) is 24.0 Å². The van der Waals surface area contributed by atoms with E-state index in [4.69, 9.17) is 27.9 Å². The smallest absolute Gasteiger partial charge is 0.264 e. The number of hydrogen-bond acceptors (Lipinski definition) is 5. The van der Waals surface area contributed by atoms with Gasteiger partial charge in [-0.15, -0.1) is 0 Å². The average molecular weight is 715 g/mol. The van der Waals surface area contributed by atoms with Gasteiger partial charge in [0, 0.05) is 29.6 Å². The Hall–Kier alpha value is -4.12. The highest BCUT2D eigenvalue weighted by Gasteiger charge is 2.35. The SMILES string of the molecule is CCOc1ccc(S(=O)(=O)N(CC(=O)N(Cc2ccc(Cl)cc2Cl)[C@@H](Cc2ccccc2)C(=O)NCC(C)C)c2ccc(F)cc2)cc1. The minimum atomic E-state index is -4.38. The number of nitrogens with one attached hydrogen (secondary N) is 1. The van der Waals surface area contributed by atoms with Crippen LogP contribution in [0.3, 0.4) is 0 Å². The predicted molar refractivity (Wildman–Crippen MR) is 187 cm³/mol. The lowest BCUT2D eigenvalue weighted by Gasteiger charge is -2.34. The van der Waals surface area contributed by atoms with Gasteiger partial charge in [0.2, 0.25) is 11.8 Å². The van der Waals surface area contributed by atoms with Gasteiger partial charge in [0.05, 0.1) is 17.2 Å². The molecule has 0 aromatic heterocycles. The lowest BCUT2D eigenvalue weighted by Crippen LogP contribution is -2.53. The number of hydrogen-bond donors (Lipinski definition) is 1. The Balaban J connectivity index is 1.81. The van der Waals surface area contributed by atoms with Gasteiger partial charge in [-0.1, -0.05) is 73.4 Å². The summed E-state index contributed by atoms with van der Waals surface area (Å²) in [6, 6.07) is 23.6. The highest BCUT2D eigenvalue weighted by atomic mass is 35.5. The van der Waals surface area contributed by atoms with Gasteiger partial charge in [0.1, 0.15) is 24.2 Å². The standard InChI is InChI=1S/C36H38Cl2FN3O5S/c1-4-47-31-16-18-32(19-17-31)48(45,46)42(30-14-12-29(39)13-15-30)24-35(43)41(23-27-10-11-28(37)21-33(27)38)34(36(44)40-22-25(2)3)20-26-8-6-5-7-9-26/h5-19,21,25,34H,4,20,22-24H2,1-3H3,(H,40,44)/t34-/m0/s1. The van der Waals surface area contributed by atoms with E-state index in [1.165, 1.54) is 47.4 Å². The van der Waals surface area contributed by atoms with E-state index >= 15 is 0 Å². The van der Waals surface area contributed by atoms with Crippen LogP contribution in [0.1, 0.15) is 31.9 Å². The van der Waals surface area contributed by atoms with Crippen molar-refractivity contribution in [1.82, 2.24) is 10.2 Å². The third-order valence-corrected chi connectivity index (χ3v) is 9.80. The van der Waals surface area contributed by atoms with Crippen molar-refractivity contribution in [3.05, 3.63) is 124 Å². The minimum Gasteiger partial charge on any atom is -0.494 e. The third kappa shape index (κ3) is 9.71. The number of rotatable bonds is 15. The molecule has 0 saturated heterocycles. The maximum absolute atomic E-state index is 14.5. The molecule has 1 N–H and O–H groups in total. The molecule has 0 aliphatic carbocycles. The third-order valence-electron chi connectivity index (χ3n) is 7.43. The van der Waals surface area contributed by atoms with E-state index < -0.39 is 40.2 Å². The second-order valence-corrected chi connectivity index (χ2v) is 14.2. The number of sulfonamides is 1. The van der Waals surface area contributed by atoms with Gasteiger partial charge >= 0.3 is 0 Å². The molecule has 0 aliphatic rings. The lowest BCUT2D eigenvalue weighted by atomic mass is 10.0. The van der Waals surface area contributed by atoms with Crippen LogP contribution < -0.4 is 14.4 Å². The van der Waals surface area contributed by atoms with Crippen LogP contribution in [0.5, 0.6) is 5.75 Å². The van der Waals surface area contributed by atoms with E-state index in [-0.39, 0.29) is 34.5 Å². The molecular weight excluding hydrogens is 676 g/mol. The fourth-order valence-corrected chi connectivity index (χ4v) is 6.83. The first-order valence-corrected chi connectivity index (χ1v) is 17.6. The molecule has 0 heterocycles. The Labute approximate surface area is 291 Å². The van der Waals surface area contributed by atoms with Crippen molar-refractivity contribution in [1.29, 1.82) is 0 Å². The van der Waals surface area contributed by atoms with E-state index in [0.29, 0.717) is 29.5 Å². The van der Waals surface area contributed by atoms with E-state index in [0.717, 1.165) is 22.0 Å². The molecule has 48 heavy (non-hydrogen) atoms. The van der Waals surface area contributed by atoms with Crippen LogP contribution in [0.25, 0.3) is 0 Å². The molecule has 254 valence electrons. The van der Waals surface area contributed by atoms with Crippen molar-refractivity contribution >= 4 is 50.7 Å². The highest BCUT2D eigenvalue weighted by Crippen LogP contribution is 2.28. The number of amides is 2. The Morgan fingerprint density at radius 3 is 2.19 bits per heavy atom. The predicted octanol–water partition coefficient (Wildman–Crippen LogP) is 7.14. The Bertz CT molecular complexity index is 1790. The lowest BCUT2D eigenvalue weighted by molar-refractivity contribution is -0.140. The van der Waals surface area contributed by atoms with Gasteiger partial charge < -0.3 is 15.0 Å². The van der Waals surface area contributed by atoms with Crippen LogP contribution in [-0.4, -0.2) is 50.9 Å². The molecule has 4 aromatic carbocycles. The highest BCUT2D eigenvalue weighted by molar-refractivity contribution is 7.92. The van der Waals surface area contributed by atoms with Crippen LogP contribution in [0.15, 0.2) is 102 Å². The first-order chi connectivity index (χ1) is 22.9. The summed E-state index contributed by atoms with van der Waals surface area (Å²) >= 11 is 12.7. The van der Waals surface area contributed by atoms with Crippen LogP contribution >= 0.6 is 23.2 Å². The van der Waals surface area contributed by atoms with Crippen LogP contribution in [0.4, 0.5) is 10.1 Å². The maximum Gasteiger partial charge on any atom is 0.264 e. The quantitative estimate of drug-likeness (QED) is 0.141. The number of anilines is 1. The molecule has 0 saturated carbocycles. The summed E-state index contributed by atoms with van der Waals surface area (Å²) < 4.78 is 48.7. The fraction of sp³-hybridized carbons (Fsp3) is 0.278. The van der Waals surface area contributed by atoms with Crippen molar-refractivity contribution < 1.29 is 27.1 Å². The summed E-state index contributed by atoms with van der Waals surface area (Å²) in [5, 5.41) is 3.60. The molecule has 0 spiro atoms. The first kappa shape index (κ1) is 36.7. The number of ether oxygens (including phenoxy) is 1. The largest absolute Gasteiger partial charge is 0.494 e. The van der Waals surface area contributed by atoms with Gasteiger partial charge in [-0.3, -0.25) is 13.9 Å². The molecular formula is C36H38Cl2FN3O5S. The van der Waals surface area contributed by atoms with Gasteiger partial charge in [-0.05, 0) is 84.6 Å². The number of halogens is 3. The Morgan fingerprint density at radius 2 is 1.58 bits per heavy atom. The second kappa shape index (κ2) is 16.8. The minimum absolute atomic E-state index is 0.0620. The van der Waals surface area contributed by atoms with E-state index in [1.807, 2.05) is 51.1 Å². The number of carbonyl (C=O) groups excluding carboxylic acids is 2. The van der Waals surface area contributed by atoms with Crippen molar-refractivity contribution in [2.24, 2.45) is 5.92 Å². The van der Waals surface area contributed by atoms with Gasteiger partial charge in [-0.2, -0.15) is 0 Å². The molecule has 0 unspecified atom stereocenters. The van der Waals surface area contributed by atoms with Crippen LogP contribution in [-0.2, 0) is 32.6 Å². The summed E-state index contributed by atoms with van der Waals surface area (Å²) in [5.41, 5.74) is 1.36. The van der Waals surface area contributed by atoms with Crippen molar-refractivity contribution in [2.45, 2.75) is 44.7 Å². The van der Waals surface area contributed by atoms with Crippen LogP contribution in [0.2, 0.25) is 10.0 Å². The average Bonchev–Trinajstić information content (AvgIpc) is 3.06. The monoisotopic (exact) mass is 713 g/mol. The molecule has 0 radical (unpaired) electrons. The molecule has 4 aromatic rings. The van der Waals surface area contributed by atoms with E-state index in [9.17, 15) is 22.4 Å². The van der Waals surface area contributed by atoms with Gasteiger partial charge in [0.25, 0.3) is 10.0 Å². The normalized spacial score (nSPS) is 12.0. The molecule has 0 aliphatic heterocycles. The molecule has 2 amide bonds. The summed E-state index contributed by atoms with van der Waals surface area (Å²) in [7, 11) is -4.38. The first-order valence-electron chi connectivity index (χ1n) is 15.4. The number of nitrogens with zero attached hydrogens (tertiary/aromatic N) is 2. The molecule has 0 fully saturated rings. The summed E-state index contributed by atoms with van der Waals surface area (Å²) in [6.07, 6.45) is 0.143. The molecule has 8 nitrogen and oxygen atoms in total. The molecule has 1 atom stereocenters.